The highest BCUT2D eigenvalue weighted by molar-refractivity contribution is 5.78. The van der Waals surface area contributed by atoms with Gasteiger partial charge < -0.3 is 15.0 Å². The van der Waals surface area contributed by atoms with Crippen molar-refractivity contribution in [1.82, 2.24) is 15.1 Å². The minimum Gasteiger partial charge on any atom is -0.364 e. The molecule has 1 N–H and O–H groups in total. The lowest BCUT2D eigenvalue weighted by atomic mass is 10.2. The van der Waals surface area contributed by atoms with Crippen molar-refractivity contribution >= 4 is 11.7 Å². The number of anilines is 1. The summed E-state index contributed by atoms with van der Waals surface area (Å²) in [6.45, 7) is 2.44. The third-order valence-electron chi connectivity index (χ3n) is 4.18. The van der Waals surface area contributed by atoms with Gasteiger partial charge in [-0.15, -0.1) is 0 Å². The van der Waals surface area contributed by atoms with Gasteiger partial charge in [-0.05, 0) is 5.56 Å². The molecule has 2 atom stereocenters. The highest BCUT2D eigenvalue weighted by atomic mass is 16.5. The fourth-order valence-electron chi connectivity index (χ4n) is 3.08. The second kappa shape index (κ2) is 5.46. The number of fused-ring (bicyclic) bond motifs is 1. The Kier molecular flexibility index (Phi) is 3.31. The maximum atomic E-state index is 11.4. The Morgan fingerprint density at radius 2 is 2.09 bits per heavy atom. The number of amides is 1. The molecule has 2 aliphatic rings. The zero-order chi connectivity index (χ0) is 14.9. The van der Waals surface area contributed by atoms with Crippen molar-refractivity contribution in [3.05, 3.63) is 48.2 Å². The van der Waals surface area contributed by atoms with Gasteiger partial charge in [0.15, 0.2) is 5.82 Å². The Balaban J connectivity index is 1.45. The van der Waals surface area contributed by atoms with Crippen LogP contribution in [0.1, 0.15) is 5.56 Å². The fraction of sp³-hybridized carbons (Fsp3) is 0.375. The molecular weight excluding hydrogens is 280 g/mol. The molecule has 2 aromatic rings. The minimum atomic E-state index is -0.0299. The molecule has 2 fully saturated rings. The molecule has 6 heteroatoms. The standard InChI is InChI=1S/C16H18N4O2/c21-16-11-22-14-10-19(9-13(14)17-16)15-6-7-20(18-15)8-12-4-2-1-3-5-12/h1-7,13-14H,8-11H2,(H,17,21)/t13-,14+/m0/s1. The number of ether oxygens (including phenoxy) is 1. The summed E-state index contributed by atoms with van der Waals surface area (Å²) in [6.07, 6.45) is 2.06. The number of benzene rings is 1. The average molecular weight is 298 g/mol. The third kappa shape index (κ3) is 2.57. The topological polar surface area (TPSA) is 59.4 Å². The smallest absolute Gasteiger partial charge is 0.246 e. The fourth-order valence-corrected chi connectivity index (χ4v) is 3.08. The Hall–Kier alpha value is -2.34. The molecule has 2 aliphatic heterocycles. The third-order valence-corrected chi connectivity index (χ3v) is 4.18. The number of rotatable bonds is 3. The van der Waals surface area contributed by atoms with Crippen molar-refractivity contribution in [3.63, 3.8) is 0 Å². The molecule has 114 valence electrons. The van der Waals surface area contributed by atoms with E-state index in [1.807, 2.05) is 35.1 Å². The summed E-state index contributed by atoms with van der Waals surface area (Å²) >= 11 is 0. The van der Waals surface area contributed by atoms with Gasteiger partial charge in [0, 0.05) is 25.4 Å². The minimum absolute atomic E-state index is 0.0299. The van der Waals surface area contributed by atoms with Crippen molar-refractivity contribution in [1.29, 1.82) is 0 Å². The van der Waals surface area contributed by atoms with Crippen LogP contribution in [0, 0.1) is 0 Å². The molecule has 22 heavy (non-hydrogen) atoms. The summed E-state index contributed by atoms with van der Waals surface area (Å²) in [5, 5.41) is 7.62. The Morgan fingerprint density at radius 1 is 1.23 bits per heavy atom. The van der Waals surface area contributed by atoms with E-state index in [0.717, 1.165) is 25.5 Å². The molecule has 3 heterocycles. The zero-order valence-electron chi connectivity index (χ0n) is 12.2. The van der Waals surface area contributed by atoms with Crippen molar-refractivity contribution in [2.75, 3.05) is 24.6 Å². The van der Waals surface area contributed by atoms with Gasteiger partial charge in [-0.25, -0.2) is 0 Å². The van der Waals surface area contributed by atoms with Crippen LogP contribution in [0.2, 0.25) is 0 Å². The molecule has 0 bridgehead atoms. The molecule has 0 saturated carbocycles. The van der Waals surface area contributed by atoms with Gasteiger partial charge >= 0.3 is 0 Å². The number of nitrogens with one attached hydrogen (secondary N) is 1. The van der Waals surface area contributed by atoms with Crippen LogP contribution < -0.4 is 10.2 Å². The summed E-state index contributed by atoms with van der Waals surface area (Å²) in [5.41, 5.74) is 1.22. The molecule has 1 amide bonds. The first-order valence-electron chi connectivity index (χ1n) is 7.51. The highest BCUT2D eigenvalue weighted by Gasteiger charge is 2.38. The Labute approximate surface area is 128 Å². The molecule has 0 radical (unpaired) electrons. The van der Waals surface area contributed by atoms with Crippen molar-refractivity contribution < 1.29 is 9.53 Å². The first-order valence-corrected chi connectivity index (χ1v) is 7.51. The van der Waals surface area contributed by atoms with E-state index in [1.54, 1.807) is 0 Å². The maximum Gasteiger partial charge on any atom is 0.246 e. The second-order valence-corrected chi connectivity index (χ2v) is 5.79. The zero-order valence-corrected chi connectivity index (χ0v) is 12.2. The van der Waals surface area contributed by atoms with E-state index in [4.69, 9.17) is 4.74 Å². The van der Waals surface area contributed by atoms with Crippen LogP contribution >= 0.6 is 0 Å². The van der Waals surface area contributed by atoms with E-state index >= 15 is 0 Å². The van der Waals surface area contributed by atoms with Gasteiger partial charge in [0.25, 0.3) is 0 Å². The number of nitrogens with zero attached hydrogens (tertiary/aromatic N) is 3. The lowest BCUT2D eigenvalue weighted by Gasteiger charge is -2.24. The van der Waals surface area contributed by atoms with Crippen LogP contribution in [0.5, 0.6) is 0 Å². The van der Waals surface area contributed by atoms with Crippen LogP contribution in [-0.2, 0) is 16.1 Å². The van der Waals surface area contributed by atoms with Crippen molar-refractivity contribution in [2.24, 2.45) is 0 Å². The van der Waals surface area contributed by atoms with Gasteiger partial charge in [-0.2, -0.15) is 5.10 Å². The first-order chi connectivity index (χ1) is 10.8. The van der Waals surface area contributed by atoms with E-state index in [1.165, 1.54) is 5.56 Å². The highest BCUT2D eigenvalue weighted by Crippen LogP contribution is 2.22. The molecule has 0 unspecified atom stereocenters. The van der Waals surface area contributed by atoms with E-state index in [-0.39, 0.29) is 24.7 Å². The molecule has 1 aromatic heterocycles. The molecule has 0 spiro atoms. The van der Waals surface area contributed by atoms with Gasteiger partial charge in [0.2, 0.25) is 5.91 Å². The number of hydrogen-bond donors (Lipinski definition) is 1. The van der Waals surface area contributed by atoms with E-state index in [9.17, 15) is 4.79 Å². The predicted molar refractivity (Wildman–Crippen MR) is 81.7 cm³/mol. The predicted octanol–water partition coefficient (Wildman–Crippen LogP) is 0.635. The summed E-state index contributed by atoms with van der Waals surface area (Å²) in [6, 6.07) is 12.3. The van der Waals surface area contributed by atoms with Gasteiger partial charge in [-0.1, -0.05) is 30.3 Å². The number of hydrogen-bond acceptors (Lipinski definition) is 4. The monoisotopic (exact) mass is 298 g/mol. The van der Waals surface area contributed by atoms with E-state index < -0.39 is 0 Å². The molecule has 4 rings (SSSR count). The normalized spacial score (nSPS) is 24.2. The average Bonchev–Trinajstić information content (AvgIpc) is 3.14. The molecular formula is C16H18N4O2. The quantitative estimate of drug-likeness (QED) is 0.903. The lowest BCUT2D eigenvalue weighted by Crippen LogP contribution is -2.50. The van der Waals surface area contributed by atoms with Gasteiger partial charge in [0.05, 0.1) is 18.7 Å². The maximum absolute atomic E-state index is 11.4. The van der Waals surface area contributed by atoms with Crippen LogP contribution in [-0.4, -0.2) is 47.5 Å². The number of carbonyl (C=O) groups excluding carboxylic acids is 1. The molecule has 6 nitrogen and oxygen atoms in total. The molecule has 0 aliphatic carbocycles. The lowest BCUT2D eigenvalue weighted by molar-refractivity contribution is -0.134. The van der Waals surface area contributed by atoms with Crippen molar-refractivity contribution in [2.45, 2.75) is 18.7 Å². The first kappa shape index (κ1) is 13.3. The van der Waals surface area contributed by atoms with Crippen LogP contribution in [0.3, 0.4) is 0 Å². The molecule has 2 saturated heterocycles. The SMILES string of the molecule is O=C1CO[C@@H]2CN(c3ccn(Cc4ccccc4)n3)C[C@@H]2N1. The van der Waals surface area contributed by atoms with Gasteiger partial charge in [0.1, 0.15) is 6.61 Å². The van der Waals surface area contributed by atoms with Crippen LogP contribution in [0.25, 0.3) is 0 Å². The van der Waals surface area contributed by atoms with Crippen LogP contribution in [0.15, 0.2) is 42.6 Å². The van der Waals surface area contributed by atoms with E-state index in [2.05, 4.69) is 27.4 Å². The molecule has 1 aromatic carbocycles. The number of aromatic nitrogens is 2. The summed E-state index contributed by atoms with van der Waals surface area (Å²) in [7, 11) is 0. The Bertz CT molecular complexity index is 670. The Morgan fingerprint density at radius 3 is 2.95 bits per heavy atom. The number of carbonyl (C=O) groups is 1. The summed E-state index contributed by atoms with van der Waals surface area (Å²) in [4.78, 5) is 13.6. The van der Waals surface area contributed by atoms with Gasteiger partial charge in [-0.3, -0.25) is 9.48 Å². The van der Waals surface area contributed by atoms with Crippen molar-refractivity contribution in [3.8, 4) is 0 Å². The summed E-state index contributed by atoms with van der Waals surface area (Å²) in [5.74, 6) is 0.904. The van der Waals surface area contributed by atoms with E-state index in [0.29, 0.717) is 0 Å². The summed E-state index contributed by atoms with van der Waals surface area (Å²) < 4.78 is 7.52. The second-order valence-electron chi connectivity index (χ2n) is 5.79. The largest absolute Gasteiger partial charge is 0.364 e. The van der Waals surface area contributed by atoms with Crippen LogP contribution in [0.4, 0.5) is 5.82 Å². The number of morpholine rings is 1.